The van der Waals surface area contributed by atoms with Crippen molar-refractivity contribution in [3.05, 3.63) is 53.5 Å². The van der Waals surface area contributed by atoms with Gasteiger partial charge in [0.2, 0.25) is 0 Å². The summed E-state index contributed by atoms with van der Waals surface area (Å²) in [6.07, 6.45) is 1.85. The van der Waals surface area contributed by atoms with E-state index in [0.717, 1.165) is 35.9 Å². The second kappa shape index (κ2) is 6.48. The normalized spacial score (nSPS) is 12.2. The molecule has 2 N–H and O–H groups in total. The van der Waals surface area contributed by atoms with E-state index in [1.807, 2.05) is 50.4 Å². The van der Waals surface area contributed by atoms with Crippen LogP contribution in [0.4, 0.5) is 5.82 Å². The molecule has 0 aliphatic rings. The molecule has 4 nitrogen and oxygen atoms in total. The first kappa shape index (κ1) is 14.5. The number of aromatic nitrogens is 2. The van der Waals surface area contributed by atoms with Crippen LogP contribution in [0.3, 0.4) is 0 Å². The minimum Gasteiger partial charge on any atom is -0.351 e. The van der Waals surface area contributed by atoms with Gasteiger partial charge in [-0.3, -0.25) is 4.98 Å². The van der Waals surface area contributed by atoms with E-state index >= 15 is 0 Å². The molecule has 0 radical (unpaired) electrons. The number of nitrogens with two attached hydrogens (primary N) is 1. The first-order valence-corrected chi connectivity index (χ1v) is 6.99. The lowest BCUT2D eigenvalue weighted by molar-refractivity contribution is 0.779. The molecule has 2 aromatic heterocycles. The molecule has 1 unspecified atom stereocenters. The van der Waals surface area contributed by atoms with Crippen LogP contribution >= 0.6 is 0 Å². The monoisotopic (exact) mass is 270 g/mol. The number of pyridine rings is 2. The summed E-state index contributed by atoms with van der Waals surface area (Å²) in [5.41, 5.74) is 9.00. The van der Waals surface area contributed by atoms with Gasteiger partial charge in [0.05, 0.1) is 12.2 Å². The van der Waals surface area contributed by atoms with Crippen molar-refractivity contribution in [2.75, 3.05) is 11.4 Å². The lowest BCUT2D eigenvalue weighted by Crippen LogP contribution is -2.23. The second-order valence-electron chi connectivity index (χ2n) is 5.02. The Morgan fingerprint density at radius 1 is 1.25 bits per heavy atom. The van der Waals surface area contributed by atoms with E-state index in [2.05, 4.69) is 21.8 Å². The van der Waals surface area contributed by atoms with Gasteiger partial charge in [-0.05, 0) is 44.5 Å². The van der Waals surface area contributed by atoms with Crippen LogP contribution in [0, 0.1) is 6.92 Å². The third-order valence-electron chi connectivity index (χ3n) is 3.30. The molecular formula is C16H22N4. The zero-order chi connectivity index (χ0) is 14.5. The van der Waals surface area contributed by atoms with Crippen molar-refractivity contribution in [3.63, 3.8) is 0 Å². The fourth-order valence-electron chi connectivity index (χ4n) is 2.09. The molecule has 0 spiro atoms. The Balaban J connectivity index is 2.15. The maximum absolute atomic E-state index is 5.85. The Labute approximate surface area is 120 Å². The number of aryl methyl sites for hydroxylation is 1. The topological polar surface area (TPSA) is 55.0 Å². The maximum Gasteiger partial charge on any atom is 0.128 e. The molecule has 0 aromatic carbocycles. The molecule has 20 heavy (non-hydrogen) atoms. The van der Waals surface area contributed by atoms with E-state index in [9.17, 15) is 0 Å². The lowest BCUT2D eigenvalue weighted by atomic mass is 10.1. The SMILES string of the molecule is CCN(Cc1cccc(C)n1)c1ccc(C(C)N)cn1. The Morgan fingerprint density at radius 2 is 2.05 bits per heavy atom. The molecule has 2 aromatic rings. The van der Waals surface area contributed by atoms with Gasteiger partial charge in [-0.15, -0.1) is 0 Å². The van der Waals surface area contributed by atoms with Crippen molar-refractivity contribution in [1.29, 1.82) is 0 Å². The highest BCUT2D eigenvalue weighted by molar-refractivity contribution is 5.40. The van der Waals surface area contributed by atoms with Crippen LogP contribution in [0.2, 0.25) is 0 Å². The molecular weight excluding hydrogens is 248 g/mol. The van der Waals surface area contributed by atoms with Crippen LogP contribution in [0.15, 0.2) is 36.5 Å². The van der Waals surface area contributed by atoms with Gasteiger partial charge in [0.1, 0.15) is 5.82 Å². The average Bonchev–Trinajstić information content (AvgIpc) is 2.45. The van der Waals surface area contributed by atoms with Crippen molar-refractivity contribution in [2.45, 2.75) is 33.4 Å². The van der Waals surface area contributed by atoms with E-state index < -0.39 is 0 Å². The van der Waals surface area contributed by atoms with E-state index in [1.165, 1.54) is 0 Å². The number of anilines is 1. The van der Waals surface area contributed by atoms with Gasteiger partial charge in [-0.25, -0.2) is 4.98 Å². The molecule has 0 fully saturated rings. The van der Waals surface area contributed by atoms with E-state index in [-0.39, 0.29) is 6.04 Å². The van der Waals surface area contributed by atoms with Gasteiger partial charge in [0.25, 0.3) is 0 Å². The van der Waals surface area contributed by atoms with E-state index in [4.69, 9.17) is 5.73 Å². The molecule has 0 aliphatic carbocycles. The van der Waals surface area contributed by atoms with Gasteiger partial charge >= 0.3 is 0 Å². The van der Waals surface area contributed by atoms with Gasteiger partial charge < -0.3 is 10.6 Å². The molecule has 2 rings (SSSR count). The van der Waals surface area contributed by atoms with Crippen LogP contribution in [-0.4, -0.2) is 16.5 Å². The molecule has 1 atom stereocenters. The Morgan fingerprint density at radius 3 is 2.60 bits per heavy atom. The largest absolute Gasteiger partial charge is 0.351 e. The lowest BCUT2D eigenvalue weighted by Gasteiger charge is -2.22. The smallest absolute Gasteiger partial charge is 0.128 e. The summed E-state index contributed by atoms with van der Waals surface area (Å²) in [6, 6.07) is 10.2. The predicted molar refractivity (Wildman–Crippen MR) is 82.5 cm³/mol. The zero-order valence-corrected chi connectivity index (χ0v) is 12.4. The van der Waals surface area contributed by atoms with Crippen molar-refractivity contribution in [2.24, 2.45) is 5.73 Å². The molecule has 0 aliphatic heterocycles. The van der Waals surface area contributed by atoms with Crippen LogP contribution in [0.25, 0.3) is 0 Å². The molecule has 106 valence electrons. The Bertz CT molecular complexity index is 549. The van der Waals surface area contributed by atoms with Crippen LogP contribution < -0.4 is 10.6 Å². The highest BCUT2D eigenvalue weighted by Crippen LogP contribution is 2.16. The van der Waals surface area contributed by atoms with Gasteiger partial charge in [0.15, 0.2) is 0 Å². The number of hydrogen-bond donors (Lipinski definition) is 1. The first-order chi connectivity index (χ1) is 9.60. The standard InChI is InChI=1S/C16H22N4/c1-4-20(11-15-7-5-6-12(2)19-15)16-9-8-14(10-18-16)13(3)17/h5-10,13H,4,11,17H2,1-3H3. The third kappa shape index (κ3) is 3.54. The number of nitrogens with zero attached hydrogens (tertiary/aromatic N) is 3. The molecule has 0 saturated heterocycles. The third-order valence-corrected chi connectivity index (χ3v) is 3.30. The summed E-state index contributed by atoms with van der Waals surface area (Å²) in [4.78, 5) is 11.3. The summed E-state index contributed by atoms with van der Waals surface area (Å²) < 4.78 is 0. The molecule has 0 amide bonds. The highest BCUT2D eigenvalue weighted by Gasteiger charge is 2.08. The van der Waals surface area contributed by atoms with E-state index in [1.54, 1.807) is 0 Å². The fraction of sp³-hybridized carbons (Fsp3) is 0.375. The fourth-order valence-corrected chi connectivity index (χ4v) is 2.09. The maximum atomic E-state index is 5.85. The minimum atomic E-state index is 0.0186. The van der Waals surface area contributed by atoms with Crippen molar-refractivity contribution in [3.8, 4) is 0 Å². The zero-order valence-electron chi connectivity index (χ0n) is 12.4. The summed E-state index contributed by atoms with van der Waals surface area (Å²) in [6.45, 7) is 7.75. The van der Waals surface area contributed by atoms with E-state index in [0.29, 0.717) is 0 Å². The van der Waals surface area contributed by atoms with Crippen molar-refractivity contribution in [1.82, 2.24) is 9.97 Å². The van der Waals surface area contributed by atoms with Gasteiger partial charge in [-0.2, -0.15) is 0 Å². The summed E-state index contributed by atoms with van der Waals surface area (Å²) in [5.74, 6) is 0.959. The Hall–Kier alpha value is -1.94. The summed E-state index contributed by atoms with van der Waals surface area (Å²) in [7, 11) is 0. The summed E-state index contributed by atoms with van der Waals surface area (Å²) >= 11 is 0. The predicted octanol–water partition coefficient (Wildman–Crippen LogP) is 2.83. The summed E-state index contributed by atoms with van der Waals surface area (Å²) in [5, 5.41) is 0. The van der Waals surface area contributed by atoms with Crippen LogP contribution in [0.1, 0.15) is 36.8 Å². The van der Waals surface area contributed by atoms with Crippen molar-refractivity contribution >= 4 is 5.82 Å². The van der Waals surface area contributed by atoms with Gasteiger partial charge in [0, 0.05) is 24.5 Å². The van der Waals surface area contributed by atoms with Crippen LogP contribution in [-0.2, 0) is 6.54 Å². The van der Waals surface area contributed by atoms with Crippen LogP contribution in [0.5, 0.6) is 0 Å². The quantitative estimate of drug-likeness (QED) is 0.907. The molecule has 4 heteroatoms. The molecule has 0 bridgehead atoms. The second-order valence-corrected chi connectivity index (χ2v) is 5.02. The Kier molecular flexibility index (Phi) is 4.69. The number of rotatable bonds is 5. The number of hydrogen-bond acceptors (Lipinski definition) is 4. The highest BCUT2D eigenvalue weighted by atomic mass is 15.2. The molecule has 2 heterocycles. The van der Waals surface area contributed by atoms with Gasteiger partial charge in [-0.1, -0.05) is 12.1 Å². The first-order valence-electron chi connectivity index (χ1n) is 6.99. The molecule has 0 saturated carbocycles. The van der Waals surface area contributed by atoms with Crippen molar-refractivity contribution < 1.29 is 0 Å². The minimum absolute atomic E-state index is 0.0186. The average molecular weight is 270 g/mol.